The van der Waals surface area contributed by atoms with E-state index < -0.39 is 0 Å². The third-order valence-electron chi connectivity index (χ3n) is 1.89. The summed E-state index contributed by atoms with van der Waals surface area (Å²) in [5, 5.41) is 3.64. The molecule has 6 nitrogen and oxygen atoms in total. The molecule has 0 aliphatic carbocycles. The van der Waals surface area contributed by atoms with E-state index in [1.54, 1.807) is 6.07 Å². The first-order chi connectivity index (χ1) is 6.77. The van der Waals surface area contributed by atoms with Gasteiger partial charge in [-0.15, -0.1) is 0 Å². The normalized spacial score (nSPS) is 11.5. The van der Waals surface area contributed by atoms with Crippen LogP contribution < -0.4 is 4.60 Å². The molecule has 0 bridgehead atoms. The van der Waals surface area contributed by atoms with E-state index in [1.165, 1.54) is 11.7 Å². The van der Waals surface area contributed by atoms with Crippen LogP contribution >= 0.6 is 27.7 Å². The summed E-state index contributed by atoms with van der Waals surface area (Å²) in [7, 11) is 0. The number of nitrogens with one attached hydrogen (secondary N) is 1. The van der Waals surface area contributed by atoms with E-state index in [2.05, 4.69) is 34.5 Å². The maximum Gasteiger partial charge on any atom is 0.307 e. The van der Waals surface area contributed by atoms with Gasteiger partial charge in [-0.2, -0.15) is 4.37 Å². The molecule has 0 saturated carbocycles. The van der Waals surface area contributed by atoms with E-state index in [0.717, 1.165) is 9.99 Å². The van der Waals surface area contributed by atoms with E-state index >= 15 is 0 Å². The van der Waals surface area contributed by atoms with Crippen LogP contribution in [-0.4, -0.2) is 13.9 Å². The van der Waals surface area contributed by atoms with Gasteiger partial charge in [0.15, 0.2) is 15.3 Å². The van der Waals surface area contributed by atoms with Crippen LogP contribution in [-0.2, 0) is 0 Å². The minimum atomic E-state index is 0.360. The topological polar surface area (TPSA) is 77.7 Å². The fourth-order valence-electron chi connectivity index (χ4n) is 1.26. The van der Waals surface area contributed by atoms with Crippen LogP contribution in [0, 0.1) is 4.91 Å². The van der Waals surface area contributed by atoms with Gasteiger partial charge >= 0.3 is 5.52 Å². The molecular weight excluding hydrogens is 272 g/mol. The van der Waals surface area contributed by atoms with Crippen molar-refractivity contribution in [2.45, 2.75) is 0 Å². The molecule has 2 heterocycles. The lowest BCUT2D eigenvalue weighted by atomic mass is 10.3. The number of hydrogen-bond donors (Lipinski definition) is 1. The highest BCUT2D eigenvalue weighted by atomic mass is 79.9. The first-order valence-electron chi connectivity index (χ1n) is 3.62. The van der Waals surface area contributed by atoms with Crippen molar-refractivity contribution in [3.63, 3.8) is 0 Å². The van der Waals surface area contributed by atoms with Crippen LogP contribution in [0.15, 0.2) is 15.2 Å². The number of benzene rings is 1. The fraction of sp³-hybridized carbons (Fsp3) is 0. The minimum absolute atomic E-state index is 0.360. The molecule has 3 aromatic rings. The Labute approximate surface area is 88.5 Å². The molecule has 0 aliphatic heterocycles. The predicted octanol–water partition coefficient (Wildman–Crippen LogP) is 1.44. The molecule has 8 heteroatoms. The van der Waals surface area contributed by atoms with Crippen molar-refractivity contribution >= 4 is 49.7 Å². The Balaban J connectivity index is 2.74. The van der Waals surface area contributed by atoms with Gasteiger partial charge in [0.05, 0.1) is 5.52 Å². The molecule has 0 amide bonds. The number of aromatic amines is 1. The Morgan fingerprint density at radius 2 is 2.43 bits per heavy atom. The minimum Gasteiger partial charge on any atom is -0.292 e. The Morgan fingerprint density at radius 1 is 1.57 bits per heavy atom. The summed E-state index contributed by atoms with van der Waals surface area (Å²) in [6, 6.07) is 1.64. The molecule has 3 rings (SSSR count). The SMILES string of the molecule is O=[n+]1onc2c3ns[nH]c3c(Br)cc21. The molecule has 0 spiro atoms. The van der Waals surface area contributed by atoms with E-state index in [9.17, 15) is 4.91 Å². The molecular formula is C6H2BrN4O2S+. The Bertz CT molecular complexity index is 684. The lowest BCUT2D eigenvalue weighted by molar-refractivity contribution is -0.692. The van der Waals surface area contributed by atoms with Gasteiger partial charge < -0.3 is 0 Å². The van der Waals surface area contributed by atoms with E-state index in [1.807, 2.05) is 0 Å². The van der Waals surface area contributed by atoms with Gasteiger partial charge in [0, 0.05) is 22.3 Å². The summed E-state index contributed by atoms with van der Waals surface area (Å²) in [6.07, 6.45) is 0. The third-order valence-corrected chi connectivity index (χ3v) is 3.09. The molecule has 1 aromatic carbocycles. The van der Waals surface area contributed by atoms with Gasteiger partial charge in [-0.05, 0) is 25.5 Å². The second-order valence-electron chi connectivity index (χ2n) is 2.66. The highest BCUT2D eigenvalue weighted by molar-refractivity contribution is 9.10. The first kappa shape index (κ1) is 8.06. The molecule has 0 fully saturated rings. The highest BCUT2D eigenvalue weighted by Gasteiger charge is 2.21. The van der Waals surface area contributed by atoms with Crippen LogP contribution in [0.2, 0.25) is 0 Å². The molecule has 70 valence electrons. The Morgan fingerprint density at radius 3 is 3.29 bits per heavy atom. The molecule has 1 N–H and O–H groups in total. The average Bonchev–Trinajstić information content (AvgIpc) is 2.74. The summed E-state index contributed by atoms with van der Waals surface area (Å²) in [5.74, 6) is 0. The molecule has 0 atom stereocenters. The zero-order valence-corrected chi connectivity index (χ0v) is 8.92. The van der Waals surface area contributed by atoms with E-state index in [-0.39, 0.29) is 0 Å². The highest BCUT2D eigenvalue weighted by Crippen LogP contribution is 2.27. The molecule has 0 radical (unpaired) electrons. The smallest absolute Gasteiger partial charge is 0.292 e. The quantitative estimate of drug-likeness (QED) is 0.672. The van der Waals surface area contributed by atoms with Gasteiger partial charge in [-0.3, -0.25) is 4.37 Å². The molecule has 14 heavy (non-hydrogen) atoms. The number of rotatable bonds is 0. The number of nitrogens with zero attached hydrogens (tertiary/aromatic N) is 3. The number of hydrogen-bond acceptors (Lipinski definition) is 5. The van der Waals surface area contributed by atoms with Crippen LogP contribution in [0.5, 0.6) is 0 Å². The van der Waals surface area contributed by atoms with Crippen LogP contribution in [0.4, 0.5) is 0 Å². The largest absolute Gasteiger partial charge is 0.307 e. The van der Waals surface area contributed by atoms with E-state index in [0.29, 0.717) is 21.1 Å². The van der Waals surface area contributed by atoms with Gasteiger partial charge in [-0.1, -0.05) is 0 Å². The second kappa shape index (κ2) is 2.61. The van der Waals surface area contributed by atoms with Crippen molar-refractivity contribution in [3.8, 4) is 0 Å². The number of H-pyrrole nitrogens is 1. The zero-order valence-electron chi connectivity index (χ0n) is 6.52. The second-order valence-corrected chi connectivity index (χ2v) is 4.09. The van der Waals surface area contributed by atoms with E-state index in [4.69, 9.17) is 0 Å². The third kappa shape index (κ3) is 0.891. The molecule has 2 aromatic heterocycles. The number of aromatic nitrogens is 4. The van der Waals surface area contributed by atoms with Crippen LogP contribution in [0.1, 0.15) is 0 Å². The van der Waals surface area contributed by atoms with Crippen LogP contribution in [0.3, 0.4) is 0 Å². The van der Waals surface area contributed by atoms with Crippen molar-refractivity contribution in [2.24, 2.45) is 0 Å². The van der Waals surface area contributed by atoms with Crippen molar-refractivity contribution < 1.29 is 9.23 Å². The summed E-state index contributed by atoms with van der Waals surface area (Å²) >= 11 is 4.52. The van der Waals surface area contributed by atoms with Gasteiger partial charge in [0.2, 0.25) is 0 Å². The van der Waals surface area contributed by atoms with Crippen LogP contribution in [0.25, 0.3) is 22.1 Å². The van der Waals surface area contributed by atoms with Crippen molar-refractivity contribution in [3.05, 3.63) is 15.4 Å². The summed E-state index contributed by atoms with van der Waals surface area (Å²) in [6.45, 7) is 0. The zero-order chi connectivity index (χ0) is 9.71. The lowest BCUT2D eigenvalue weighted by Crippen LogP contribution is -2.08. The summed E-state index contributed by atoms with van der Waals surface area (Å²) in [5.41, 5.74) is 2.29. The van der Waals surface area contributed by atoms with Crippen molar-refractivity contribution in [1.29, 1.82) is 0 Å². The molecule has 0 aliphatic rings. The molecule has 0 saturated heterocycles. The van der Waals surface area contributed by atoms with Crippen molar-refractivity contribution in [1.82, 2.24) is 13.9 Å². The lowest BCUT2D eigenvalue weighted by Gasteiger charge is -1.86. The standard InChI is InChI=1S/C6H2BrN4O2S/c7-2-1-3-5(8-13-11(3)12)6-4(2)9-14-10-6/h1,9H/q+1. The average molecular weight is 274 g/mol. The first-order valence-corrected chi connectivity index (χ1v) is 5.19. The number of fused-ring (bicyclic) bond motifs is 3. The fourth-order valence-corrected chi connectivity index (χ4v) is 2.51. The number of halogens is 1. The Hall–Kier alpha value is -1.28. The maximum absolute atomic E-state index is 11.1. The monoisotopic (exact) mass is 273 g/mol. The summed E-state index contributed by atoms with van der Waals surface area (Å²) < 4.78 is 12.7. The maximum atomic E-state index is 11.1. The predicted molar refractivity (Wildman–Crippen MR) is 52.6 cm³/mol. The van der Waals surface area contributed by atoms with Gasteiger partial charge in [-0.25, -0.2) is 0 Å². The molecule has 0 unspecified atom stereocenters. The summed E-state index contributed by atoms with van der Waals surface area (Å²) in [4.78, 5) is 11.1. The van der Waals surface area contributed by atoms with Gasteiger partial charge in [0.1, 0.15) is 0 Å². The van der Waals surface area contributed by atoms with Crippen molar-refractivity contribution in [2.75, 3.05) is 0 Å². The van der Waals surface area contributed by atoms with Gasteiger partial charge in [0.25, 0.3) is 5.52 Å². The Kier molecular flexibility index (Phi) is 1.50.